The van der Waals surface area contributed by atoms with Crippen molar-refractivity contribution >= 4 is 37.6 Å². The third-order valence-electron chi connectivity index (χ3n) is 1.65. The van der Waals surface area contributed by atoms with Crippen LogP contribution < -0.4 is 0 Å². The summed E-state index contributed by atoms with van der Waals surface area (Å²) in [4.78, 5) is 11.2. The van der Waals surface area contributed by atoms with Crippen LogP contribution in [0.15, 0.2) is 0 Å². The molecular formula is C9H16Br2O. The highest BCUT2D eigenvalue weighted by Crippen LogP contribution is 2.30. The molecule has 0 aliphatic carbocycles. The summed E-state index contributed by atoms with van der Waals surface area (Å²) >= 11 is 6.88. The molecule has 0 saturated carbocycles. The van der Waals surface area contributed by atoms with Crippen molar-refractivity contribution in [2.24, 2.45) is 0 Å². The Labute approximate surface area is 91.6 Å². The van der Waals surface area contributed by atoms with Crippen LogP contribution in [0.2, 0.25) is 0 Å². The van der Waals surface area contributed by atoms with Gasteiger partial charge in [0.1, 0.15) is 5.78 Å². The maximum Gasteiger partial charge on any atom is 0.132 e. The lowest BCUT2D eigenvalue weighted by atomic mass is 10.1. The van der Waals surface area contributed by atoms with Crippen LogP contribution in [0.4, 0.5) is 0 Å². The van der Waals surface area contributed by atoms with Crippen LogP contribution in [0.5, 0.6) is 0 Å². The zero-order valence-corrected chi connectivity index (χ0v) is 10.9. The first-order valence-corrected chi connectivity index (χ1v) is 5.94. The monoisotopic (exact) mass is 298 g/mol. The number of unbranched alkanes of at least 4 members (excludes halogenated alkanes) is 1. The highest BCUT2D eigenvalue weighted by Gasteiger charge is 2.16. The molecule has 72 valence electrons. The maximum absolute atomic E-state index is 11.2. The Kier molecular flexibility index (Phi) is 6.46. The van der Waals surface area contributed by atoms with Crippen LogP contribution in [-0.2, 0) is 4.79 Å². The van der Waals surface area contributed by atoms with E-state index in [4.69, 9.17) is 0 Å². The van der Waals surface area contributed by atoms with E-state index in [0.29, 0.717) is 12.2 Å². The van der Waals surface area contributed by atoms with Crippen LogP contribution in [0.3, 0.4) is 0 Å². The van der Waals surface area contributed by atoms with Gasteiger partial charge in [0.05, 0.1) is 3.23 Å². The predicted octanol–water partition coefficient (Wildman–Crippen LogP) is 4.03. The third-order valence-corrected chi connectivity index (χ3v) is 2.44. The molecule has 3 heteroatoms. The molecule has 0 amide bonds. The molecule has 0 rings (SSSR count). The summed E-state index contributed by atoms with van der Waals surface area (Å²) in [6.45, 7) is 4.12. The summed E-state index contributed by atoms with van der Waals surface area (Å²) in [5.74, 6) is 0.377. The number of halogens is 2. The Morgan fingerprint density at radius 3 is 2.33 bits per heavy atom. The number of Topliss-reactive ketones (excluding diaryl/α,β-unsaturated/α-hetero) is 1. The quantitative estimate of drug-likeness (QED) is 0.677. The van der Waals surface area contributed by atoms with Crippen molar-refractivity contribution in [3.63, 3.8) is 0 Å². The molecule has 0 bridgehead atoms. The lowest BCUT2D eigenvalue weighted by molar-refractivity contribution is -0.119. The second-order valence-corrected chi connectivity index (χ2v) is 7.78. The Balaban J connectivity index is 3.44. The molecule has 0 spiro atoms. The third kappa shape index (κ3) is 8.72. The minimum absolute atomic E-state index is 0.0676. The van der Waals surface area contributed by atoms with Gasteiger partial charge in [-0.15, -0.1) is 0 Å². The van der Waals surface area contributed by atoms with Gasteiger partial charge in [-0.25, -0.2) is 0 Å². The lowest BCUT2D eigenvalue weighted by Crippen LogP contribution is -2.08. The molecule has 0 aromatic heterocycles. The van der Waals surface area contributed by atoms with Crippen molar-refractivity contribution in [2.45, 2.75) is 49.2 Å². The van der Waals surface area contributed by atoms with E-state index in [2.05, 4.69) is 38.8 Å². The van der Waals surface area contributed by atoms with Crippen LogP contribution in [0, 0.1) is 0 Å². The summed E-state index contributed by atoms with van der Waals surface area (Å²) in [6.07, 6.45) is 4.40. The number of hydrogen-bond donors (Lipinski definition) is 0. The fourth-order valence-corrected chi connectivity index (χ4v) is 1.25. The number of alkyl halides is 2. The zero-order valence-electron chi connectivity index (χ0n) is 7.70. The minimum Gasteiger partial charge on any atom is -0.300 e. The Morgan fingerprint density at radius 1 is 1.33 bits per heavy atom. The van der Waals surface area contributed by atoms with Crippen LogP contribution in [-0.4, -0.2) is 9.02 Å². The van der Waals surface area contributed by atoms with Crippen molar-refractivity contribution in [1.29, 1.82) is 0 Å². The fourth-order valence-electron chi connectivity index (χ4n) is 0.858. The molecule has 1 nitrogen and oxygen atoms in total. The van der Waals surface area contributed by atoms with E-state index >= 15 is 0 Å². The van der Waals surface area contributed by atoms with E-state index in [1.165, 1.54) is 0 Å². The topological polar surface area (TPSA) is 17.1 Å². The molecule has 0 unspecified atom stereocenters. The van der Waals surface area contributed by atoms with Crippen LogP contribution >= 0.6 is 31.9 Å². The second kappa shape index (κ2) is 6.14. The molecule has 0 aliphatic rings. The van der Waals surface area contributed by atoms with Crippen molar-refractivity contribution in [1.82, 2.24) is 0 Å². The number of carbonyl (C=O) groups excluding carboxylic acids is 1. The summed E-state index contributed by atoms with van der Waals surface area (Å²) < 4.78 is -0.0676. The van der Waals surface area contributed by atoms with Gasteiger partial charge in [-0.2, -0.15) is 0 Å². The normalized spacial score (nSPS) is 11.7. The Bertz CT molecular complexity index is 138. The zero-order chi connectivity index (χ0) is 9.61. The smallest absolute Gasteiger partial charge is 0.132 e. The summed E-state index contributed by atoms with van der Waals surface area (Å²) in [6, 6.07) is 0. The summed E-state index contributed by atoms with van der Waals surface area (Å²) in [7, 11) is 0. The highest BCUT2D eigenvalue weighted by molar-refractivity contribution is 9.25. The number of rotatable bonds is 6. The van der Waals surface area contributed by atoms with Gasteiger partial charge < -0.3 is 0 Å². The van der Waals surface area contributed by atoms with Gasteiger partial charge in [0.2, 0.25) is 0 Å². The van der Waals surface area contributed by atoms with Crippen molar-refractivity contribution < 1.29 is 4.79 Å². The highest BCUT2D eigenvalue weighted by atomic mass is 79.9. The van der Waals surface area contributed by atoms with Crippen molar-refractivity contribution in [3.05, 3.63) is 0 Å². The predicted molar refractivity (Wildman–Crippen MR) is 60.0 cm³/mol. The number of hydrogen-bond acceptors (Lipinski definition) is 1. The molecule has 0 aromatic carbocycles. The minimum atomic E-state index is -0.0676. The van der Waals surface area contributed by atoms with Gasteiger partial charge in [-0.05, 0) is 19.8 Å². The SMILES string of the molecule is CCCCC(=O)CCC(C)(Br)Br. The van der Waals surface area contributed by atoms with Crippen LogP contribution in [0.25, 0.3) is 0 Å². The Hall–Kier alpha value is 0.630. The first kappa shape index (κ1) is 12.6. The summed E-state index contributed by atoms with van der Waals surface area (Å²) in [5.41, 5.74) is 0. The van der Waals surface area contributed by atoms with Crippen molar-refractivity contribution in [3.8, 4) is 0 Å². The van der Waals surface area contributed by atoms with E-state index in [0.717, 1.165) is 25.7 Å². The second-order valence-electron chi connectivity index (χ2n) is 3.21. The number of carbonyl (C=O) groups is 1. The lowest BCUT2D eigenvalue weighted by Gasteiger charge is -2.12. The molecule has 0 saturated heterocycles. The molecule has 0 heterocycles. The average molecular weight is 300 g/mol. The van der Waals surface area contributed by atoms with E-state index < -0.39 is 0 Å². The first-order chi connectivity index (χ1) is 5.45. The van der Waals surface area contributed by atoms with Gasteiger partial charge >= 0.3 is 0 Å². The van der Waals surface area contributed by atoms with Gasteiger partial charge in [-0.3, -0.25) is 4.79 Å². The molecular weight excluding hydrogens is 284 g/mol. The molecule has 12 heavy (non-hydrogen) atoms. The first-order valence-electron chi connectivity index (χ1n) is 4.35. The molecule has 0 atom stereocenters. The molecule has 0 aromatic rings. The van der Waals surface area contributed by atoms with Gasteiger partial charge in [0.15, 0.2) is 0 Å². The van der Waals surface area contributed by atoms with E-state index in [-0.39, 0.29) is 3.23 Å². The van der Waals surface area contributed by atoms with Gasteiger partial charge in [0.25, 0.3) is 0 Å². The fraction of sp³-hybridized carbons (Fsp3) is 0.889. The van der Waals surface area contributed by atoms with Crippen molar-refractivity contribution in [2.75, 3.05) is 0 Å². The molecule has 0 N–H and O–H groups in total. The van der Waals surface area contributed by atoms with E-state index in [9.17, 15) is 4.79 Å². The van der Waals surface area contributed by atoms with E-state index in [1.54, 1.807) is 0 Å². The largest absolute Gasteiger partial charge is 0.300 e. The average Bonchev–Trinajstić information content (AvgIpc) is 1.95. The maximum atomic E-state index is 11.2. The van der Waals surface area contributed by atoms with E-state index in [1.807, 2.05) is 6.92 Å². The molecule has 0 aliphatic heterocycles. The molecule has 0 fully saturated rings. The number of ketones is 1. The summed E-state index contributed by atoms with van der Waals surface area (Å²) in [5, 5.41) is 0. The van der Waals surface area contributed by atoms with Gasteiger partial charge in [0, 0.05) is 12.8 Å². The standard InChI is InChI=1S/C9H16Br2O/c1-3-4-5-8(12)6-7-9(2,10)11/h3-7H2,1-2H3. The molecule has 0 radical (unpaired) electrons. The Morgan fingerprint density at radius 2 is 1.92 bits per heavy atom. The van der Waals surface area contributed by atoms with Gasteiger partial charge in [-0.1, -0.05) is 45.2 Å². The van der Waals surface area contributed by atoms with Crippen LogP contribution in [0.1, 0.15) is 46.0 Å².